The Morgan fingerprint density at radius 2 is 2.30 bits per heavy atom. The summed E-state index contributed by atoms with van der Waals surface area (Å²) >= 11 is 0. The molecule has 0 saturated heterocycles. The highest BCUT2D eigenvalue weighted by Gasteiger charge is 2.17. The maximum Gasteiger partial charge on any atom is 0.339 e. The van der Waals surface area contributed by atoms with E-state index in [9.17, 15) is 14.9 Å². The minimum Gasteiger partial charge on any atom is -0.478 e. The van der Waals surface area contributed by atoms with Crippen molar-refractivity contribution in [2.24, 2.45) is 0 Å². The summed E-state index contributed by atoms with van der Waals surface area (Å²) in [7, 11) is 0. The van der Waals surface area contributed by atoms with E-state index in [0.29, 0.717) is 12.2 Å². The fourth-order valence-corrected chi connectivity index (χ4v) is 1.55. The van der Waals surface area contributed by atoms with Crippen LogP contribution in [0.4, 0.5) is 17.2 Å². The van der Waals surface area contributed by atoms with Gasteiger partial charge in [0.2, 0.25) is 0 Å². The number of anilines is 2. The number of aromatic carboxylic acids is 1. The third-order valence-corrected chi connectivity index (χ3v) is 2.53. The molecular weight excluding hydrogens is 266 g/mol. The number of nitrogens with one attached hydrogen (secondary N) is 1. The number of rotatable bonds is 5. The van der Waals surface area contributed by atoms with Gasteiger partial charge in [0, 0.05) is 18.8 Å². The van der Waals surface area contributed by atoms with Gasteiger partial charge in [-0.15, -0.1) is 0 Å². The van der Waals surface area contributed by atoms with Crippen LogP contribution in [0.25, 0.3) is 0 Å². The SMILES string of the molecule is CCn1cc(Nc2ncc([N+](=O)[O-])cc2C(=O)O)cn1. The van der Waals surface area contributed by atoms with E-state index in [-0.39, 0.29) is 17.1 Å². The fourth-order valence-electron chi connectivity index (χ4n) is 1.55. The number of hydrogen-bond acceptors (Lipinski definition) is 6. The Labute approximate surface area is 113 Å². The third-order valence-electron chi connectivity index (χ3n) is 2.53. The number of hydrogen-bond donors (Lipinski definition) is 2. The van der Waals surface area contributed by atoms with Crippen LogP contribution in [0.5, 0.6) is 0 Å². The summed E-state index contributed by atoms with van der Waals surface area (Å²) in [5.74, 6) is -1.27. The first-order valence-electron chi connectivity index (χ1n) is 5.68. The van der Waals surface area contributed by atoms with Gasteiger partial charge in [-0.3, -0.25) is 14.8 Å². The summed E-state index contributed by atoms with van der Waals surface area (Å²) in [6, 6.07) is 0.960. The first-order chi connectivity index (χ1) is 9.51. The number of carboxylic acid groups (broad SMARTS) is 1. The normalized spacial score (nSPS) is 10.2. The summed E-state index contributed by atoms with van der Waals surface area (Å²) in [5, 5.41) is 26.5. The summed E-state index contributed by atoms with van der Waals surface area (Å²) < 4.78 is 1.65. The molecule has 0 unspecified atom stereocenters. The highest BCUT2D eigenvalue weighted by atomic mass is 16.6. The second-order valence-corrected chi connectivity index (χ2v) is 3.86. The summed E-state index contributed by atoms with van der Waals surface area (Å²) in [4.78, 5) is 24.8. The molecule has 9 heteroatoms. The van der Waals surface area contributed by atoms with E-state index >= 15 is 0 Å². The smallest absolute Gasteiger partial charge is 0.339 e. The van der Waals surface area contributed by atoms with E-state index in [4.69, 9.17) is 5.11 Å². The van der Waals surface area contributed by atoms with Gasteiger partial charge in [0.1, 0.15) is 17.6 Å². The van der Waals surface area contributed by atoms with E-state index in [1.165, 1.54) is 6.20 Å². The van der Waals surface area contributed by atoms with Crippen molar-refractivity contribution < 1.29 is 14.8 Å². The van der Waals surface area contributed by atoms with Crippen LogP contribution >= 0.6 is 0 Å². The van der Waals surface area contributed by atoms with Crippen LogP contribution in [0, 0.1) is 10.1 Å². The minimum absolute atomic E-state index is 0.0266. The Kier molecular flexibility index (Phi) is 3.60. The minimum atomic E-state index is -1.30. The largest absolute Gasteiger partial charge is 0.478 e. The van der Waals surface area contributed by atoms with Gasteiger partial charge >= 0.3 is 5.97 Å². The van der Waals surface area contributed by atoms with Gasteiger partial charge in [0.25, 0.3) is 5.69 Å². The lowest BCUT2D eigenvalue weighted by Crippen LogP contribution is -2.06. The molecule has 2 aromatic heterocycles. The average Bonchev–Trinajstić information content (AvgIpc) is 2.86. The molecule has 20 heavy (non-hydrogen) atoms. The van der Waals surface area contributed by atoms with Crippen molar-refractivity contribution in [3.05, 3.63) is 40.3 Å². The van der Waals surface area contributed by atoms with Gasteiger partial charge in [-0.05, 0) is 6.92 Å². The van der Waals surface area contributed by atoms with Gasteiger partial charge in [-0.25, -0.2) is 9.78 Å². The van der Waals surface area contributed by atoms with Crippen LogP contribution in [0.2, 0.25) is 0 Å². The Morgan fingerprint density at radius 3 is 2.85 bits per heavy atom. The first-order valence-corrected chi connectivity index (χ1v) is 5.68. The number of nitro groups is 1. The number of aryl methyl sites for hydroxylation is 1. The quantitative estimate of drug-likeness (QED) is 0.629. The first kappa shape index (κ1) is 13.5. The van der Waals surface area contributed by atoms with Crippen LogP contribution in [0.3, 0.4) is 0 Å². The standard InChI is InChI=1S/C11H11N5O4/c1-2-15-6-7(4-13-15)14-10-9(11(17)18)3-8(5-12-10)16(19)20/h3-6H,2H2,1H3,(H,12,14)(H,17,18). The zero-order chi connectivity index (χ0) is 14.7. The molecule has 2 aromatic rings. The molecule has 2 rings (SSSR count). The summed E-state index contributed by atoms with van der Waals surface area (Å²) in [6.07, 6.45) is 4.19. The van der Waals surface area contributed by atoms with Crippen molar-refractivity contribution in [3.8, 4) is 0 Å². The third kappa shape index (κ3) is 2.71. The number of nitrogens with zero attached hydrogens (tertiary/aromatic N) is 4. The zero-order valence-electron chi connectivity index (χ0n) is 10.5. The molecule has 2 heterocycles. The number of aromatic nitrogens is 3. The van der Waals surface area contributed by atoms with Gasteiger partial charge in [0.15, 0.2) is 0 Å². The molecule has 0 atom stereocenters. The summed E-state index contributed by atoms with van der Waals surface area (Å²) in [5.41, 5.74) is -0.101. The molecule has 2 N–H and O–H groups in total. The van der Waals surface area contributed by atoms with Crippen LogP contribution in [0.15, 0.2) is 24.7 Å². The Hall–Kier alpha value is -2.97. The van der Waals surface area contributed by atoms with E-state index in [2.05, 4.69) is 15.4 Å². The Morgan fingerprint density at radius 1 is 1.55 bits per heavy atom. The topological polar surface area (TPSA) is 123 Å². The number of pyridine rings is 1. The maximum atomic E-state index is 11.1. The van der Waals surface area contributed by atoms with Gasteiger partial charge in [0.05, 0.1) is 16.8 Å². The molecule has 0 aliphatic heterocycles. The lowest BCUT2D eigenvalue weighted by atomic mass is 10.2. The van der Waals surface area contributed by atoms with Crippen LogP contribution < -0.4 is 5.32 Å². The monoisotopic (exact) mass is 277 g/mol. The summed E-state index contributed by atoms with van der Waals surface area (Å²) in [6.45, 7) is 2.57. The molecule has 0 radical (unpaired) electrons. The molecular formula is C11H11N5O4. The molecule has 0 saturated carbocycles. The predicted octanol–water partition coefficient (Wildman–Crippen LogP) is 1.65. The van der Waals surface area contributed by atoms with E-state index < -0.39 is 10.9 Å². The molecule has 9 nitrogen and oxygen atoms in total. The van der Waals surface area contributed by atoms with Crippen molar-refractivity contribution in [2.45, 2.75) is 13.5 Å². The molecule has 0 bridgehead atoms. The average molecular weight is 277 g/mol. The van der Waals surface area contributed by atoms with Crippen molar-refractivity contribution in [3.63, 3.8) is 0 Å². The lowest BCUT2D eigenvalue weighted by molar-refractivity contribution is -0.385. The van der Waals surface area contributed by atoms with Crippen LogP contribution in [0.1, 0.15) is 17.3 Å². The van der Waals surface area contributed by atoms with Crippen molar-refractivity contribution in [1.29, 1.82) is 0 Å². The molecule has 0 aromatic carbocycles. The van der Waals surface area contributed by atoms with E-state index in [1.54, 1.807) is 10.9 Å². The van der Waals surface area contributed by atoms with E-state index in [0.717, 1.165) is 12.3 Å². The fraction of sp³-hybridized carbons (Fsp3) is 0.182. The van der Waals surface area contributed by atoms with Gasteiger partial charge < -0.3 is 10.4 Å². The van der Waals surface area contributed by atoms with Crippen LogP contribution in [-0.4, -0.2) is 30.8 Å². The van der Waals surface area contributed by atoms with Gasteiger partial charge in [-0.2, -0.15) is 5.10 Å². The number of carbonyl (C=O) groups is 1. The molecule has 0 aliphatic rings. The van der Waals surface area contributed by atoms with Crippen LogP contribution in [-0.2, 0) is 6.54 Å². The second-order valence-electron chi connectivity index (χ2n) is 3.86. The zero-order valence-corrected chi connectivity index (χ0v) is 10.5. The van der Waals surface area contributed by atoms with E-state index in [1.807, 2.05) is 6.92 Å². The Balaban J connectivity index is 2.35. The maximum absolute atomic E-state index is 11.1. The molecule has 104 valence electrons. The van der Waals surface area contributed by atoms with Gasteiger partial charge in [-0.1, -0.05) is 0 Å². The highest BCUT2D eigenvalue weighted by molar-refractivity contribution is 5.94. The second kappa shape index (κ2) is 5.34. The lowest BCUT2D eigenvalue weighted by Gasteiger charge is -2.05. The van der Waals surface area contributed by atoms with Crippen molar-refractivity contribution in [1.82, 2.24) is 14.8 Å². The molecule has 0 aliphatic carbocycles. The number of carboxylic acids is 1. The van der Waals surface area contributed by atoms with Crippen molar-refractivity contribution in [2.75, 3.05) is 5.32 Å². The molecule has 0 amide bonds. The highest BCUT2D eigenvalue weighted by Crippen LogP contribution is 2.22. The van der Waals surface area contributed by atoms with Crippen molar-refractivity contribution >= 4 is 23.2 Å². The molecule has 0 spiro atoms. The predicted molar refractivity (Wildman–Crippen MR) is 69.0 cm³/mol. The Bertz CT molecular complexity index is 667. The molecule has 0 fully saturated rings.